The Labute approximate surface area is 146 Å². The summed E-state index contributed by atoms with van der Waals surface area (Å²) in [4.78, 5) is 10.9. The molecule has 88 valence electrons. The van der Waals surface area contributed by atoms with Crippen molar-refractivity contribution in [1.82, 2.24) is 0 Å². The van der Waals surface area contributed by atoms with Gasteiger partial charge in [0.1, 0.15) is 0 Å². The van der Waals surface area contributed by atoms with Crippen molar-refractivity contribution in [2.75, 3.05) is 0 Å². The van der Waals surface area contributed by atoms with E-state index < -0.39 is 5.97 Å². The van der Waals surface area contributed by atoms with Crippen LogP contribution in [0.2, 0.25) is 0 Å². The van der Waals surface area contributed by atoms with E-state index >= 15 is 0 Å². The van der Waals surface area contributed by atoms with Gasteiger partial charge in [0.25, 0.3) is 0 Å². The molecule has 0 saturated carbocycles. The number of carboxylic acid groups (broad SMARTS) is 1. The summed E-state index contributed by atoms with van der Waals surface area (Å²) in [6, 6.07) is 7.15. The van der Waals surface area contributed by atoms with Crippen LogP contribution in [0.3, 0.4) is 0 Å². The van der Waals surface area contributed by atoms with Crippen LogP contribution in [-0.2, 0) is 0 Å². The van der Waals surface area contributed by atoms with Crippen LogP contribution < -0.4 is 56.5 Å². The zero-order valence-electron chi connectivity index (χ0n) is 11.0. The van der Waals surface area contributed by atoms with Gasteiger partial charge in [-0.25, -0.2) is 0 Å². The van der Waals surface area contributed by atoms with Crippen LogP contribution in [0.5, 0.6) is 0 Å². The Morgan fingerprint density at radius 2 is 1.94 bits per heavy atom. The van der Waals surface area contributed by atoms with E-state index in [9.17, 15) is 9.90 Å². The van der Waals surface area contributed by atoms with Crippen molar-refractivity contribution in [1.29, 1.82) is 0 Å². The molecule has 0 aliphatic heterocycles. The summed E-state index contributed by atoms with van der Waals surface area (Å²) in [7, 11) is 0. The van der Waals surface area contributed by atoms with E-state index in [4.69, 9.17) is 0 Å². The maximum atomic E-state index is 10.9. The molecule has 2 nitrogen and oxygen atoms in total. The molecule has 1 rings (SSSR count). The molecule has 1 aromatic carbocycles. The van der Waals surface area contributed by atoms with Crippen molar-refractivity contribution < 1.29 is 61.3 Å². The maximum absolute atomic E-state index is 10.9. The Morgan fingerprint density at radius 1 is 1.29 bits per heavy atom. The first kappa shape index (κ1) is 17.3. The molecule has 0 bridgehead atoms. The summed E-state index contributed by atoms with van der Waals surface area (Å²) in [5.74, 6) is -0.779. The molecule has 0 spiro atoms. The van der Waals surface area contributed by atoms with Gasteiger partial charge >= 0.3 is 51.4 Å². The number of carbonyl (C=O) groups excluding carboxylic acids is 1. The first-order chi connectivity index (χ1) is 7.66. The third kappa shape index (κ3) is 5.66. The number of aromatic carboxylic acids is 1. The summed E-state index contributed by atoms with van der Waals surface area (Å²) in [6.07, 6.45) is 4.59. The molecular formula is C14H19KO2. The average Bonchev–Trinajstić information content (AvgIpc) is 2.29. The molecule has 0 aliphatic rings. The molecule has 0 aliphatic carbocycles. The van der Waals surface area contributed by atoms with E-state index in [0.29, 0.717) is 11.5 Å². The molecular weight excluding hydrogens is 239 g/mol. The number of hydrogen-bond acceptors (Lipinski definition) is 2. The molecule has 0 N–H and O–H groups in total. The number of carbonyl (C=O) groups is 1. The van der Waals surface area contributed by atoms with Gasteiger partial charge < -0.3 is 9.90 Å². The average molecular weight is 258 g/mol. The third-order valence-corrected chi connectivity index (χ3v) is 2.95. The van der Waals surface area contributed by atoms with Gasteiger partial charge in [0.05, 0.1) is 5.97 Å². The van der Waals surface area contributed by atoms with E-state index in [1.165, 1.54) is 12.8 Å². The van der Waals surface area contributed by atoms with Gasteiger partial charge in [-0.3, -0.25) is 0 Å². The van der Waals surface area contributed by atoms with E-state index in [-0.39, 0.29) is 51.4 Å². The van der Waals surface area contributed by atoms with E-state index in [1.807, 2.05) is 12.1 Å². The SMILES string of the molecule is CCCCCC(C)c1ccccc1C(=O)[O-].[K+]. The monoisotopic (exact) mass is 258 g/mol. The largest absolute Gasteiger partial charge is 1.00 e. The molecule has 1 atom stereocenters. The summed E-state index contributed by atoms with van der Waals surface area (Å²) >= 11 is 0. The number of carboxylic acids is 1. The van der Waals surface area contributed by atoms with Gasteiger partial charge in [0.2, 0.25) is 0 Å². The molecule has 1 aromatic rings. The fourth-order valence-corrected chi connectivity index (χ4v) is 1.97. The molecule has 0 saturated heterocycles. The zero-order valence-corrected chi connectivity index (χ0v) is 14.2. The van der Waals surface area contributed by atoms with Crippen LogP contribution in [-0.4, -0.2) is 5.97 Å². The molecule has 0 aromatic heterocycles. The first-order valence-electron chi connectivity index (χ1n) is 5.97. The van der Waals surface area contributed by atoms with Gasteiger partial charge in [-0.2, -0.15) is 0 Å². The van der Waals surface area contributed by atoms with Crippen molar-refractivity contribution in [2.24, 2.45) is 0 Å². The second kappa shape index (κ2) is 9.28. The van der Waals surface area contributed by atoms with Crippen LogP contribution in [0.1, 0.15) is 61.4 Å². The molecule has 0 radical (unpaired) electrons. The maximum Gasteiger partial charge on any atom is 1.00 e. The quantitative estimate of drug-likeness (QED) is 0.521. The predicted molar refractivity (Wildman–Crippen MR) is 63.3 cm³/mol. The third-order valence-electron chi connectivity index (χ3n) is 2.95. The fourth-order valence-electron chi connectivity index (χ4n) is 1.97. The van der Waals surface area contributed by atoms with Crippen LogP contribution in [0.25, 0.3) is 0 Å². The van der Waals surface area contributed by atoms with E-state index in [0.717, 1.165) is 18.4 Å². The van der Waals surface area contributed by atoms with Crippen LogP contribution in [0.15, 0.2) is 24.3 Å². The summed E-state index contributed by atoms with van der Waals surface area (Å²) < 4.78 is 0. The van der Waals surface area contributed by atoms with Gasteiger partial charge in [-0.05, 0) is 17.9 Å². The molecule has 1 unspecified atom stereocenters. The fraction of sp³-hybridized carbons (Fsp3) is 0.500. The Bertz CT molecular complexity index is 350. The van der Waals surface area contributed by atoms with E-state index in [1.54, 1.807) is 12.1 Å². The van der Waals surface area contributed by atoms with Gasteiger partial charge in [0, 0.05) is 5.56 Å². The Balaban J connectivity index is 0.00000256. The summed E-state index contributed by atoms with van der Waals surface area (Å²) in [5, 5.41) is 10.9. The van der Waals surface area contributed by atoms with Gasteiger partial charge in [0.15, 0.2) is 0 Å². The number of benzene rings is 1. The van der Waals surface area contributed by atoms with Gasteiger partial charge in [-0.1, -0.05) is 57.4 Å². The second-order valence-electron chi connectivity index (χ2n) is 4.27. The van der Waals surface area contributed by atoms with Crippen molar-refractivity contribution in [3.05, 3.63) is 35.4 Å². The normalized spacial score (nSPS) is 11.6. The van der Waals surface area contributed by atoms with Crippen molar-refractivity contribution in [3.63, 3.8) is 0 Å². The number of unbranched alkanes of at least 4 members (excludes halogenated alkanes) is 2. The zero-order chi connectivity index (χ0) is 12.0. The minimum absolute atomic E-state index is 0. The van der Waals surface area contributed by atoms with Crippen molar-refractivity contribution >= 4 is 5.97 Å². The van der Waals surface area contributed by atoms with E-state index in [2.05, 4.69) is 13.8 Å². The Kier molecular flexibility index (Phi) is 9.46. The van der Waals surface area contributed by atoms with Crippen molar-refractivity contribution in [3.8, 4) is 0 Å². The first-order valence-corrected chi connectivity index (χ1v) is 5.97. The van der Waals surface area contributed by atoms with Crippen LogP contribution in [0.4, 0.5) is 0 Å². The minimum atomic E-state index is -1.07. The molecule has 3 heteroatoms. The van der Waals surface area contributed by atoms with Gasteiger partial charge in [-0.15, -0.1) is 0 Å². The Hall–Kier alpha value is 0.326. The smallest absolute Gasteiger partial charge is 0.545 e. The minimum Gasteiger partial charge on any atom is -0.545 e. The predicted octanol–water partition coefficient (Wildman–Crippen LogP) is -0.262. The number of hydrogen-bond donors (Lipinski definition) is 0. The Morgan fingerprint density at radius 3 is 2.53 bits per heavy atom. The second-order valence-corrected chi connectivity index (χ2v) is 4.27. The molecule has 0 heterocycles. The molecule has 0 amide bonds. The van der Waals surface area contributed by atoms with Crippen molar-refractivity contribution in [2.45, 2.75) is 45.4 Å². The number of rotatable bonds is 6. The summed E-state index contributed by atoms with van der Waals surface area (Å²) in [5.41, 5.74) is 1.24. The topological polar surface area (TPSA) is 40.1 Å². The van der Waals surface area contributed by atoms with Crippen LogP contribution >= 0.6 is 0 Å². The summed E-state index contributed by atoms with van der Waals surface area (Å²) in [6.45, 7) is 4.25. The standard InChI is InChI=1S/C14H20O2.K/c1-3-4-5-8-11(2)12-9-6-7-10-13(12)14(15)16;/h6-7,9-11H,3-5,8H2,1-2H3,(H,15,16);/q;+1/p-1. The molecule has 0 fully saturated rings. The van der Waals surface area contributed by atoms with Crippen LogP contribution in [0, 0.1) is 0 Å². The molecule has 17 heavy (non-hydrogen) atoms.